The van der Waals surface area contributed by atoms with Crippen molar-refractivity contribution in [3.05, 3.63) is 48.8 Å². The van der Waals surface area contributed by atoms with Gasteiger partial charge in [-0.25, -0.2) is 13.1 Å². The number of aliphatic imine (C=N–C) groups is 1. The second kappa shape index (κ2) is 10.5. The molecule has 0 amide bonds. The van der Waals surface area contributed by atoms with Crippen molar-refractivity contribution < 1.29 is 13.2 Å². The van der Waals surface area contributed by atoms with Crippen molar-refractivity contribution in [1.82, 2.24) is 19.5 Å². The Hall–Kier alpha value is -2.52. The van der Waals surface area contributed by atoms with Crippen LogP contribution in [0.1, 0.15) is 19.8 Å². The average Bonchev–Trinajstić information content (AvgIpc) is 3.19. The van der Waals surface area contributed by atoms with Gasteiger partial charge < -0.3 is 19.5 Å². The fourth-order valence-electron chi connectivity index (χ4n) is 3.36. The third-order valence-electron chi connectivity index (χ3n) is 4.90. The predicted octanol–water partition coefficient (Wildman–Crippen LogP) is 1.81. The first-order valence-electron chi connectivity index (χ1n) is 10.3. The van der Waals surface area contributed by atoms with E-state index in [4.69, 9.17) is 4.74 Å². The second-order valence-electron chi connectivity index (χ2n) is 7.26. The van der Waals surface area contributed by atoms with Crippen molar-refractivity contribution in [3.63, 3.8) is 0 Å². The summed E-state index contributed by atoms with van der Waals surface area (Å²) in [4.78, 5) is 7.08. The van der Waals surface area contributed by atoms with E-state index in [-0.39, 0.29) is 17.5 Å². The van der Waals surface area contributed by atoms with Crippen LogP contribution in [0.3, 0.4) is 0 Å². The number of guanidine groups is 1. The summed E-state index contributed by atoms with van der Waals surface area (Å²) < 4.78 is 35.0. The fraction of sp³-hybridized carbons (Fsp3) is 0.476. The van der Waals surface area contributed by atoms with Gasteiger partial charge in [0.2, 0.25) is 10.0 Å². The molecule has 30 heavy (non-hydrogen) atoms. The highest BCUT2D eigenvalue weighted by Gasteiger charge is 2.22. The molecule has 1 aliphatic rings. The molecule has 1 saturated heterocycles. The van der Waals surface area contributed by atoms with Gasteiger partial charge in [0, 0.05) is 58.5 Å². The first-order valence-corrected chi connectivity index (χ1v) is 11.8. The molecule has 1 aromatic heterocycles. The molecular weight excluding hydrogens is 402 g/mol. The number of piperidine rings is 1. The zero-order chi connectivity index (χ0) is 21.4. The molecule has 2 heterocycles. The molecule has 164 valence electrons. The van der Waals surface area contributed by atoms with E-state index in [9.17, 15) is 8.42 Å². The molecule has 0 saturated carbocycles. The highest BCUT2D eigenvalue weighted by molar-refractivity contribution is 7.89. The molecule has 0 unspecified atom stereocenters. The van der Waals surface area contributed by atoms with Crippen molar-refractivity contribution in [2.45, 2.75) is 30.8 Å². The Bertz CT molecular complexity index is 919. The highest BCUT2D eigenvalue weighted by Crippen LogP contribution is 2.18. The van der Waals surface area contributed by atoms with E-state index in [1.807, 2.05) is 37.3 Å². The van der Waals surface area contributed by atoms with Gasteiger partial charge >= 0.3 is 0 Å². The van der Waals surface area contributed by atoms with E-state index in [1.165, 1.54) is 0 Å². The number of benzene rings is 1. The molecule has 2 aromatic rings. The Morgan fingerprint density at radius 1 is 1.20 bits per heavy atom. The van der Waals surface area contributed by atoms with Gasteiger partial charge in [0.1, 0.15) is 11.9 Å². The number of rotatable bonds is 8. The molecule has 0 aliphatic carbocycles. The maximum Gasteiger partial charge on any atom is 0.242 e. The molecular formula is C21H31N5O3S. The van der Waals surface area contributed by atoms with Gasteiger partial charge in [-0.2, -0.15) is 0 Å². The number of nitrogens with one attached hydrogen (secondary N) is 2. The number of para-hydroxylation sites is 1. The molecule has 3 rings (SSSR count). The Morgan fingerprint density at radius 3 is 2.57 bits per heavy atom. The topological polar surface area (TPSA) is 88.0 Å². The van der Waals surface area contributed by atoms with Crippen LogP contribution in [0.4, 0.5) is 0 Å². The summed E-state index contributed by atoms with van der Waals surface area (Å²) in [7, 11) is -1.71. The molecule has 1 aromatic carbocycles. The summed E-state index contributed by atoms with van der Waals surface area (Å²) in [6, 6.07) is 11.5. The van der Waals surface area contributed by atoms with Crippen LogP contribution in [0.2, 0.25) is 0 Å². The molecule has 1 fully saturated rings. The molecule has 0 spiro atoms. The average molecular weight is 434 g/mol. The van der Waals surface area contributed by atoms with Crippen LogP contribution in [0.5, 0.6) is 5.75 Å². The van der Waals surface area contributed by atoms with E-state index in [2.05, 4.69) is 19.9 Å². The summed E-state index contributed by atoms with van der Waals surface area (Å²) >= 11 is 0. The van der Waals surface area contributed by atoms with Crippen LogP contribution in [0.25, 0.3) is 0 Å². The Balaban J connectivity index is 1.48. The zero-order valence-electron chi connectivity index (χ0n) is 17.6. The summed E-state index contributed by atoms with van der Waals surface area (Å²) in [6.45, 7) is 5.10. The molecule has 1 aliphatic heterocycles. The van der Waals surface area contributed by atoms with Crippen molar-refractivity contribution in [1.29, 1.82) is 0 Å². The zero-order valence-corrected chi connectivity index (χ0v) is 18.4. The standard InChI is InChI=1S/C21H31N5O3S/c1-3-22-21(23-12-13-24-30(27,28)20-11-14-25(2)17-20)26-15-9-19(10-16-26)29-18-7-5-4-6-8-18/h4-8,11,14,17,19,24H,3,9-10,12-13,15-16H2,1-2H3,(H,22,23). The summed E-state index contributed by atoms with van der Waals surface area (Å²) in [5.74, 6) is 1.72. The number of likely N-dealkylation sites (tertiary alicyclic amines) is 1. The first kappa shape index (κ1) is 22.2. The van der Waals surface area contributed by atoms with Crippen LogP contribution in [-0.4, -0.2) is 62.7 Å². The lowest BCUT2D eigenvalue weighted by molar-refractivity contribution is 0.129. The fourth-order valence-corrected chi connectivity index (χ4v) is 4.44. The highest BCUT2D eigenvalue weighted by atomic mass is 32.2. The normalized spacial score (nSPS) is 15.9. The third kappa shape index (κ3) is 6.24. The SMILES string of the molecule is CCNC(=NCCNS(=O)(=O)c1ccn(C)c1)N1CCC(Oc2ccccc2)CC1. The van der Waals surface area contributed by atoms with Gasteiger partial charge in [-0.15, -0.1) is 0 Å². The smallest absolute Gasteiger partial charge is 0.242 e. The van der Waals surface area contributed by atoms with Crippen molar-refractivity contribution in [3.8, 4) is 5.75 Å². The minimum absolute atomic E-state index is 0.198. The molecule has 0 atom stereocenters. The Labute approximate surface area is 179 Å². The number of hydrogen-bond acceptors (Lipinski definition) is 4. The minimum Gasteiger partial charge on any atom is -0.490 e. The number of hydrogen-bond donors (Lipinski definition) is 2. The van der Waals surface area contributed by atoms with Crippen LogP contribution in [0, 0.1) is 0 Å². The van der Waals surface area contributed by atoms with Crippen LogP contribution < -0.4 is 14.8 Å². The van der Waals surface area contributed by atoms with E-state index in [0.29, 0.717) is 6.54 Å². The van der Waals surface area contributed by atoms with Gasteiger partial charge in [-0.1, -0.05) is 18.2 Å². The lowest BCUT2D eigenvalue weighted by Gasteiger charge is -2.34. The maximum atomic E-state index is 12.3. The largest absolute Gasteiger partial charge is 0.490 e. The summed E-state index contributed by atoms with van der Waals surface area (Å²) in [5.41, 5.74) is 0. The van der Waals surface area contributed by atoms with Crippen molar-refractivity contribution >= 4 is 16.0 Å². The minimum atomic E-state index is -3.50. The van der Waals surface area contributed by atoms with E-state index in [0.717, 1.165) is 44.2 Å². The van der Waals surface area contributed by atoms with Crippen LogP contribution in [-0.2, 0) is 17.1 Å². The number of ether oxygens (including phenoxy) is 1. The van der Waals surface area contributed by atoms with Gasteiger partial charge in [0.25, 0.3) is 0 Å². The second-order valence-corrected chi connectivity index (χ2v) is 9.03. The van der Waals surface area contributed by atoms with E-state index >= 15 is 0 Å². The number of aryl methyl sites for hydroxylation is 1. The van der Waals surface area contributed by atoms with Gasteiger partial charge in [0.05, 0.1) is 11.4 Å². The maximum absolute atomic E-state index is 12.3. The Morgan fingerprint density at radius 2 is 1.93 bits per heavy atom. The van der Waals surface area contributed by atoms with Crippen LogP contribution in [0.15, 0.2) is 58.7 Å². The third-order valence-corrected chi connectivity index (χ3v) is 6.35. The molecule has 0 bridgehead atoms. The van der Waals surface area contributed by atoms with Crippen molar-refractivity contribution in [2.24, 2.45) is 12.0 Å². The van der Waals surface area contributed by atoms with E-state index < -0.39 is 10.0 Å². The number of sulfonamides is 1. The number of aromatic nitrogens is 1. The summed E-state index contributed by atoms with van der Waals surface area (Å²) in [6.07, 6.45) is 5.32. The molecule has 2 N–H and O–H groups in total. The number of nitrogens with zero attached hydrogens (tertiary/aromatic N) is 3. The molecule has 9 heteroatoms. The van der Waals surface area contributed by atoms with Crippen LogP contribution >= 0.6 is 0 Å². The molecule has 8 nitrogen and oxygen atoms in total. The lowest BCUT2D eigenvalue weighted by atomic mass is 10.1. The van der Waals surface area contributed by atoms with Gasteiger partial charge in [-0.3, -0.25) is 4.99 Å². The lowest BCUT2D eigenvalue weighted by Crippen LogP contribution is -2.47. The summed E-state index contributed by atoms with van der Waals surface area (Å²) in [5, 5.41) is 3.30. The Kier molecular flexibility index (Phi) is 7.75. The quantitative estimate of drug-likeness (QED) is 0.377. The van der Waals surface area contributed by atoms with Gasteiger partial charge in [0.15, 0.2) is 5.96 Å². The molecule has 0 radical (unpaired) electrons. The predicted molar refractivity (Wildman–Crippen MR) is 118 cm³/mol. The van der Waals surface area contributed by atoms with E-state index in [1.54, 1.807) is 30.1 Å². The van der Waals surface area contributed by atoms with Gasteiger partial charge in [-0.05, 0) is 25.1 Å². The first-order chi connectivity index (χ1) is 14.5. The monoisotopic (exact) mass is 433 g/mol. The van der Waals surface area contributed by atoms with Crippen molar-refractivity contribution in [2.75, 3.05) is 32.7 Å².